The minimum atomic E-state index is -0.812. The van der Waals surface area contributed by atoms with Gasteiger partial charge in [-0.3, -0.25) is 4.79 Å². The molecular formula is C24H24O3. The van der Waals surface area contributed by atoms with Crippen LogP contribution < -0.4 is 4.74 Å². The molecule has 0 aliphatic rings. The van der Waals surface area contributed by atoms with Crippen LogP contribution in [0.3, 0.4) is 0 Å². The second kappa shape index (κ2) is 8.09. The van der Waals surface area contributed by atoms with Crippen molar-refractivity contribution in [1.29, 1.82) is 0 Å². The predicted molar refractivity (Wildman–Crippen MR) is 108 cm³/mol. The third kappa shape index (κ3) is 4.37. The van der Waals surface area contributed by atoms with Gasteiger partial charge in [-0.1, -0.05) is 54.6 Å². The van der Waals surface area contributed by atoms with Gasteiger partial charge in [-0.2, -0.15) is 0 Å². The smallest absolute Gasteiger partial charge is 0.311 e. The van der Waals surface area contributed by atoms with Crippen molar-refractivity contribution in [2.75, 3.05) is 0 Å². The Labute approximate surface area is 160 Å². The summed E-state index contributed by atoms with van der Waals surface area (Å²) in [7, 11) is 0. The van der Waals surface area contributed by atoms with Crippen molar-refractivity contribution in [3.63, 3.8) is 0 Å². The lowest BCUT2D eigenvalue weighted by molar-refractivity contribution is -0.138. The van der Waals surface area contributed by atoms with Crippen LogP contribution in [0.25, 0.3) is 0 Å². The molecule has 1 unspecified atom stereocenters. The van der Waals surface area contributed by atoms with Crippen molar-refractivity contribution in [2.45, 2.75) is 33.1 Å². The molecule has 1 atom stereocenters. The molecule has 0 bridgehead atoms. The molecule has 0 radical (unpaired) electrons. The standard InChI is InChI=1S/C24H24O3/c1-16-9-10-17(2)23(18(16)3)27-21-13-11-19(12-14-21)15-22(24(25)26)20-7-5-4-6-8-20/h4-14,22H,15H2,1-3H3,(H,25,26). The molecular weight excluding hydrogens is 336 g/mol. The van der Waals surface area contributed by atoms with E-state index in [4.69, 9.17) is 4.74 Å². The highest BCUT2D eigenvalue weighted by Crippen LogP contribution is 2.31. The molecule has 3 heteroatoms. The molecule has 3 aromatic carbocycles. The average Bonchev–Trinajstić information content (AvgIpc) is 2.68. The fraction of sp³-hybridized carbons (Fsp3) is 0.208. The van der Waals surface area contributed by atoms with E-state index in [0.29, 0.717) is 6.42 Å². The maximum Gasteiger partial charge on any atom is 0.311 e. The predicted octanol–water partition coefficient (Wildman–Crippen LogP) is 5.82. The lowest BCUT2D eigenvalue weighted by Gasteiger charge is -2.15. The molecule has 0 aromatic heterocycles. The van der Waals surface area contributed by atoms with Gasteiger partial charge in [0.1, 0.15) is 11.5 Å². The van der Waals surface area contributed by atoms with Crippen LogP contribution in [-0.4, -0.2) is 11.1 Å². The van der Waals surface area contributed by atoms with Crippen LogP contribution in [0.5, 0.6) is 11.5 Å². The molecule has 0 saturated heterocycles. The van der Waals surface area contributed by atoms with Gasteiger partial charge in [0.25, 0.3) is 0 Å². The Balaban J connectivity index is 1.78. The minimum Gasteiger partial charge on any atom is -0.481 e. The maximum absolute atomic E-state index is 11.7. The van der Waals surface area contributed by atoms with E-state index in [1.807, 2.05) is 61.5 Å². The first-order valence-electron chi connectivity index (χ1n) is 9.07. The Hall–Kier alpha value is -3.07. The van der Waals surface area contributed by atoms with Gasteiger partial charge in [-0.15, -0.1) is 0 Å². The topological polar surface area (TPSA) is 46.5 Å². The first-order chi connectivity index (χ1) is 13.0. The van der Waals surface area contributed by atoms with E-state index in [1.54, 1.807) is 0 Å². The van der Waals surface area contributed by atoms with Crippen molar-refractivity contribution >= 4 is 5.97 Å². The molecule has 3 nitrogen and oxygen atoms in total. The first kappa shape index (κ1) is 18.7. The highest BCUT2D eigenvalue weighted by Gasteiger charge is 2.20. The second-order valence-corrected chi connectivity index (χ2v) is 6.91. The van der Waals surface area contributed by atoms with E-state index in [-0.39, 0.29) is 0 Å². The lowest BCUT2D eigenvalue weighted by atomic mass is 9.92. The number of carbonyl (C=O) groups is 1. The van der Waals surface area contributed by atoms with Gasteiger partial charge in [0.15, 0.2) is 0 Å². The Kier molecular flexibility index (Phi) is 5.60. The van der Waals surface area contributed by atoms with E-state index < -0.39 is 11.9 Å². The SMILES string of the molecule is Cc1ccc(C)c(Oc2ccc(CC(C(=O)O)c3ccccc3)cc2)c1C. The van der Waals surface area contributed by atoms with Crippen molar-refractivity contribution in [1.82, 2.24) is 0 Å². The number of ether oxygens (including phenoxy) is 1. The van der Waals surface area contributed by atoms with Gasteiger partial charge < -0.3 is 9.84 Å². The summed E-state index contributed by atoms with van der Waals surface area (Å²) in [5.74, 6) is 0.268. The highest BCUT2D eigenvalue weighted by atomic mass is 16.5. The molecule has 0 amide bonds. The zero-order valence-electron chi connectivity index (χ0n) is 15.9. The summed E-state index contributed by atoms with van der Waals surface area (Å²) in [6, 6.07) is 21.2. The Morgan fingerprint density at radius 1 is 0.889 bits per heavy atom. The molecule has 1 N–H and O–H groups in total. The molecule has 0 aliphatic heterocycles. The zero-order chi connectivity index (χ0) is 19.4. The number of aliphatic carboxylic acids is 1. The molecule has 27 heavy (non-hydrogen) atoms. The van der Waals surface area contributed by atoms with Crippen molar-refractivity contribution in [2.24, 2.45) is 0 Å². The van der Waals surface area contributed by atoms with Crippen LogP contribution >= 0.6 is 0 Å². The number of carboxylic acid groups (broad SMARTS) is 1. The van der Waals surface area contributed by atoms with Crippen molar-refractivity contribution in [3.05, 3.63) is 94.5 Å². The van der Waals surface area contributed by atoms with Gasteiger partial charge in [0, 0.05) is 0 Å². The van der Waals surface area contributed by atoms with E-state index >= 15 is 0 Å². The van der Waals surface area contributed by atoms with Gasteiger partial charge in [0.2, 0.25) is 0 Å². The second-order valence-electron chi connectivity index (χ2n) is 6.91. The summed E-state index contributed by atoms with van der Waals surface area (Å²) in [6.07, 6.45) is 0.447. The molecule has 0 fully saturated rings. The number of hydrogen-bond donors (Lipinski definition) is 1. The maximum atomic E-state index is 11.7. The van der Waals surface area contributed by atoms with Gasteiger partial charge >= 0.3 is 5.97 Å². The molecule has 0 heterocycles. The quantitative estimate of drug-likeness (QED) is 0.603. The zero-order valence-corrected chi connectivity index (χ0v) is 15.9. The van der Waals surface area contributed by atoms with Crippen LogP contribution in [0.4, 0.5) is 0 Å². The largest absolute Gasteiger partial charge is 0.481 e. The Morgan fingerprint density at radius 3 is 2.15 bits per heavy atom. The van der Waals surface area contributed by atoms with Gasteiger partial charge in [-0.25, -0.2) is 0 Å². The third-order valence-corrected chi connectivity index (χ3v) is 4.96. The summed E-state index contributed by atoms with van der Waals surface area (Å²) < 4.78 is 6.10. The van der Waals surface area contributed by atoms with Crippen LogP contribution in [0, 0.1) is 20.8 Å². The van der Waals surface area contributed by atoms with Crippen molar-refractivity contribution < 1.29 is 14.6 Å². The number of carboxylic acids is 1. The molecule has 0 aliphatic carbocycles. The Morgan fingerprint density at radius 2 is 1.52 bits per heavy atom. The van der Waals surface area contributed by atoms with E-state index in [9.17, 15) is 9.90 Å². The minimum absolute atomic E-state index is 0.447. The fourth-order valence-corrected chi connectivity index (χ4v) is 3.16. The number of benzene rings is 3. The van der Waals surface area contributed by atoms with Crippen LogP contribution in [0.1, 0.15) is 33.7 Å². The van der Waals surface area contributed by atoms with Gasteiger partial charge in [0.05, 0.1) is 5.92 Å². The number of aryl methyl sites for hydroxylation is 2. The van der Waals surface area contributed by atoms with E-state index in [0.717, 1.165) is 33.8 Å². The van der Waals surface area contributed by atoms with Crippen LogP contribution in [0.2, 0.25) is 0 Å². The van der Waals surface area contributed by atoms with Crippen LogP contribution in [-0.2, 0) is 11.2 Å². The normalized spacial score (nSPS) is 11.8. The van der Waals surface area contributed by atoms with E-state index in [2.05, 4.69) is 26.0 Å². The molecule has 138 valence electrons. The van der Waals surface area contributed by atoms with Crippen LogP contribution in [0.15, 0.2) is 66.7 Å². The Bertz CT molecular complexity index is 928. The fourth-order valence-electron chi connectivity index (χ4n) is 3.16. The highest BCUT2D eigenvalue weighted by molar-refractivity contribution is 5.76. The molecule has 0 saturated carbocycles. The molecule has 3 rings (SSSR count). The van der Waals surface area contributed by atoms with Gasteiger partial charge in [-0.05, 0) is 67.1 Å². The number of hydrogen-bond acceptors (Lipinski definition) is 2. The summed E-state index contributed by atoms with van der Waals surface area (Å²) >= 11 is 0. The lowest BCUT2D eigenvalue weighted by Crippen LogP contribution is -2.14. The molecule has 0 spiro atoms. The van der Waals surface area contributed by atoms with E-state index in [1.165, 1.54) is 5.56 Å². The summed E-state index contributed by atoms with van der Waals surface area (Å²) in [4.78, 5) is 11.7. The monoisotopic (exact) mass is 360 g/mol. The first-order valence-corrected chi connectivity index (χ1v) is 9.07. The third-order valence-electron chi connectivity index (χ3n) is 4.96. The summed E-state index contributed by atoms with van der Waals surface area (Å²) in [5, 5.41) is 9.60. The number of rotatable bonds is 6. The van der Waals surface area contributed by atoms with Crippen molar-refractivity contribution in [3.8, 4) is 11.5 Å². The summed E-state index contributed by atoms with van der Waals surface area (Å²) in [6.45, 7) is 6.16. The molecule has 3 aromatic rings. The average molecular weight is 360 g/mol. The summed E-state index contributed by atoms with van der Waals surface area (Å²) in [5.41, 5.74) is 5.21.